The molecule has 0 bridgehead atoms. The first-order valence-electron chi connectivity index (χ1n) is 5.38. The lowest BCUT2D eigenvalue weighted by Gasteiger charge is -2.03. The number of hydrogen-bond acceptors (Lipinski definition) is 8. The van der Waals surface area contributed by atoms with Gasteiger partial charge in [-0.15, -0.1) is 10.2 Å². The van der Waals surface area contributed by atoms with Gasteiger partial charge in [-0.1, -0.05) is 11.3 Å². The van der Waals surface area contributed by atoms with Gasteiger partial charge in [-0.05, 0) is 30.3 Å². The maximum Gasteiger partial charge on any atom is 0.208 e. The molecule has 0 aliphatic rings. The van der Waals surface area contributed by atoms with Crippen molar-refractivity contribution in [1.29, 1.82) is 0 Å². The van der Waals surface area contributed by atoms with Crippen LogP contribution in [0, 0.1) is 0 Å². The Hall–Kier alpha value is -1.25. The van der Waals surface area contributed by atoms with E-state index in [9.17, 15) is 0 Å². The van der Waals surface area contributed by atoms with Gasteiger partial charge >= 0.3 is 0 Å². The number of anilines is 1. The predicted octanol–water partition coefficient (Wildman–Crippen LogP) is 1.05. The number of nitrogens with zero attached hydrogens (tertiary/aromatic N) is 5. The average Bonchev–Trinajstić information content (AvgIpc) is 2.81. The van der Waals surface area contributed by atoms with Crippen molar-refractivity contribution in [3.05, 3.63) is 18.0 Å². The molecule has 0 saturated heterocycles. The summed E-state index contributed by atoms with van der Waals surface area (Å²) in [6.45, 7) is 0.610. The van der Waals surface area contributed by atoms with Crippen LogP contribution in [-0.2, 0) is 6.42 Å². The molecule has 0 aliphatic heterocycles. The maximum atomic E-state index is 5.47. The van der Waals surface area contributed by atoms with E-state index < -0.39 is 0 Å². The van der Waals surface area contributed by atoms with Gasteiger partial charge in [0.25, 0.3) is 0 Å². The molecular weight excluding hydrogens is 268 g/mol. The summed E-state index contributed by atoms with van der Waals surface area (Å²) in [4.78, 5) is 10.5. The summed E-state index contributed by atoms with van der Waals surface area (Å²) in [5.74, 6) is 0. The molecule has 8 heteroatoms. The van der Waals surface area contributed by atoms with Gasteiger partial charge in [0.2, 0.25) is 5.13 Å². The van der Waals surface area contributed by atoms with Crippen LogP contribution in [0.2, 0.25) is 0 Å². The van der Waals surface area contributed by atoms with Crippen molar-refractivity contribution in [3.63, 3.8) is 0 Å². The molecular formula is C10H14N6S2. The SMILES string of the molecule is CN(C)c1nnc(Sc2ncc(CCN)cn2)s1. The molecule has 18 heavy (non-hydrogen) atoms. The number of aromatic nitrogens is 4. The molecule has 0 aliphatic carbocycles. The van der Waals surface area contributed by atoms with E-state index in [2.05, 4.69) is 20.2 Å². The van der Waals surface area contributed by atoms with E-state index in [-0.39, 0.29) is 0 Å². The summed E-state index contributed by atoms with van der Waals surface area (Å²) in [6.07, 6.45) is 4.40. The number of nitrogens with two attached hydrogens (primary N) is 1. The van der Waals surface area contributed by atoms with Gasteiger partial charge < -0.3 is 10.6 Å². The van der Waals surface area contributed by atoms with Crippen molar-refractivity contribution in [2.45, 2.75) is 15.9 Å². The summed E-state index contributed by atoms with van der Waals surface area (Å²) in [7, 11) is 3.88. The van der Waals surface area contributed by atoms with Crippen LogP contribution in [0.25, 0.3) is 0 Å². The molecule has 2 N–H and O–H groups in total. The molecule has 0 radical (unpaired) electrons. The van der Waals surface area contributed by atoms with E-state index >= 15 is 0 Å². The predicted molar refractivity (Wildman–Crippen MR) is 73.1 cm³/mol. The molecule has 2 aromatic heterocycles. The zero-order valence-electron chi connectivity index (χ0n) is 10.2. The highest BCUT2D eigenvalue weighted by Crippen LogP contribution is 2.30. The second kappa shape index (κ2) is 6.07. The molecule has 0 fully saturated rings. The Labute approximate surface area is 114 Å². The highest BCUT2D eigenvalue weighted by Gasteiger charge is 2.08. The minimum atomic E-state index is 0.610. The van der Waals surface area contributed by atoms with E-state index in [0.29, 0.717) is 11.7 Å². The third kappa shape index (κ3) is 3.37. The Balaban J connectivity index is 2.03. The van der Waals surface area contributed by atoms with E-state index in [0.717, 1.165) is 21.5 Å². The van der Waals surface area contributed by atoms with Gasteiger partial charge in [0.1, 0.15) is 0 Å². The van der Waals surface area contributed by atoms with Crippen molar-refractivity contribution in [2.24, 2.45) is 5.73 Å². The molecule has 2 rings (SSSR count). The lowest BCUT2D eigenvalue weighted by molar-refractivity contribution is 0.888. The van der Waals surface area contributed by atoms with Crippen LogP contribution in [0.5, 0.6) is 0 Å². The van der Waals surface area contributed by atoms with Gasteiger partial charge in [-0.25, -0.2) is 9.97 Å². The number of rotatable bonds is 5. The summed E-state index contributed by atoms with van der Waals surface area (Å²) >= 11 is 2.93. The van der Waals surface area contributed by atoms with Gasteiger partial charge in [0, 0.05) is 26.5 Å². The van der Waals surface area contributed by atoms with Crippen LogP contribution in [0.4, 0.5) is 5.13 Å². The van der Waals surface area contributed by atoms with Crippen LogP contribution < -0.4 is 10.6 Å². The molecule has 96 valence electrons. The quantitative estimate of drug-likeness (QED) is 0.821. The molecule has 2 heterocycles. The lowest BCUT2D eigenvalue weighted by Crippen LogP contribution is -2.07. The zero-order valence-corrected chi connectivity index (χ0v) is 11.8. The minimum Gasteiger partial charge on any atom is -0.353 e. The Bertz CT molecular complexity index is 495. The third-order valence-corrected chi connectivity index (χ3v) is 4.11. The first-order valence-corrected chi connectivity index (χ1v) is 7.02. The molecule has 0 atom stereocenters. The second-order valence-corrected chi connectivity index (χ2v) is 5.93. The zero-order chi connectivity index (χ0) is 13.0. The molecule has 2 aromatic rings. The summed E-state index contributed by atoms with van der Waals surface area (Å²) < 4.78 is 0.838. The molecule has 6 nitrogen and oxygen atoms in total. The summed E-state index contributed by atoms with van der Waals surface area (Å²) in [5, 5.41) is 9.69. The van der Waals surface area contributed by atoms with Gasteiger partial charge in [-0.3, -0.25) is 0 Å². The smallest absolute Gasteiger partial charge is 0.208 e. The van der Waals surface area contributed by atoms with E-state index in [1.165, 1.54) is 23.1 Å². The largest absolute Gasteiger partial charge is 0.353 e. The normalized spacial score (nSPS) is 10.6. The van der Waals surface area contributed by atoms with Crippen molar-refractivity contribution < 1.29 is 0 Å². The minimum absolute atomic E-state index is 0.610. The van der Waals surface area contributed by atoms with E-state index in [1.54, 1.807) is 12.4 Å². The topological polar surface area (TPSA) is 80.8 Å². The first-order chi connectivity index (χ1) is 8.69. The monoisotopic (exact) mass is 282 g/mol. The molecule has 0 spiro atoms. The Morgan fingerprint density at radius 2 is 2.00 bits per heavy atom. The molecule has 0 saturated carbocycles. The van der Waals surface area contributed by atoms with Crippen LogP contribution in [0.3, 0.4) is 0 Å². The number of hydrogen-bond donors (Lipinski definition) is 1. The van der Waals surface area contributed by atoms with Crippen molar-refractivity contribution in [2.75, 3.05) is 25.5 Å². The van der Waals surface area contributed by atoms with Crippen molar-refractivity contribution in [1.82, 2.24) is 20.2 Å². The summed E-state index contributed by atoms with van der Waals surface area (Å²) in [5.41, 5.74) is 6.52. The average molecular weight is 282 g/mol. The fraction of sp³-hybridized carbons (Fsp3) is 0.400. The van der Waals surface area contributed by atoms with Gasteiger partial charge in [0.15, 0.2) is 9.50 Å². The highest BCUT2D eigenvalue weighted by molar-refractivity contribution is 8.00. The van der Waals surface area contributed by atoms with Crippen LogP contribution >= 0.6 is 23.1 Å². The van der Waals surface area contributed by atoms with Gasteiger partial charge in [0.05, 0.1) is 0 Å². The first kappa shape index (κ1) is 13.2. The lowest BCUT2D eigenvalue weighted by atomic mass is 10.2. The maximum absolute atomic E-state index is 5.47. The van der Waals surface area contributed by atoms with E-state index in [4.69, 9.17) is 5.73 Å². The molecule has 0 amide bonds. The Morgan fingerprint density at radius 1 is 1.28 bits per heavy atom. The third-order valence-electron chi connectivity index (χ3n) is 2.07. The van der Waals surface area contributed by atoms with Crippen molar-refractivity contribution in [3.8, 4) is 0 Å². The van der Waals surface area contributed by atoms with Crippen LogP contribution in [0.15, 0.2) is 21.9 Å². The summed E-state index contributed by atoms with van der Waals surface area (Å²) in [6, 6.07) is 0. The van der Waals surface area contributed by atoms with Crippen molar-refractivity contribution >= 4 is 28.2 Å². The van der Waals surface area contributed by atoms with E-state index in [1.807, 2.05) is 19.0 Å². The molecule has 0 unspecified atom stereocenters. The standard InChI is InChI=1S/C10H14N6S2/c1-16(2)9-14-15-10(18-9)17-8-12-5-7(3-4-11)6-13-8/h5-6H,3-4,11H2,1-2H3. The van der Waals surface area contributed by atoms with Gasteiger partial charge in [-0.2, -0.15) is 0 Å². The highest BCUT2D eigenvalue weighted by atomic mass is 32.2. The fourth-order valence-corrected chi connectivity index (χ4v) is 2.76. The Kier molecular flexibility index (Phi) is 4.45. The molecule has 0 aromatic carbocycles. The fourth-order valence-electron chi connectivity index (χ4n) is 1.19. The second-order valence-electron chi connectivity index (χ2n) is 3.76. The van der Waals surface area contributed by atoms with Crippen LogP contribution in [0.1, 0.15) is 5.56 Å². The van der Waals surface area contributed by atoms with Crippen LogP contribution in [-0.4, -0.2) is 40.8 Å². The Morgan fingerprint density at radius 3 is 2.56 bits per heavy atom.